The Labute approximate surface area is 125 Å². The van der Waals surface area contributed by atoms with Gasteiger partial charge in [0.15, 0.2) is 11.5 Å². The Balaban J connectivity index is 1.52. The van der Waals surface area contributed by atoms with Crippen LogP contribution in [0.15, 0.2) is 18.2 Å². The second kappa shape index (κ2) is 5.93. The van der Waals surface area contributed by atoms with Crippen molar-refractivity contribution in [3.63, 3.8) is 0 Å². The van der Waals surface area contributed by atoms with Gasteiger partial charge in [-0.05, 0) is 50.4 Å². The summed E-state index contributed by atoms with van der Waals surface area (Å²) in [6.07, 6.45) is 2.76. The van der Waals surface area contributed by atoms with E-state index in [1.165, 1.54) is 0 Å². The van der Waals surface area contributed by atoms with E-state index in [1.807, 2.05) is 25.1 Å². The molecule has 2 aliphatic heterocycles. The van der Waals surface area contributed by atoms with Crippen LogP contribution in [0.1, 0.15) is 25.3 Å². The van der Waals surface area contributed by atoms with E-state index in [-0.39, 0.29) is 5.91 Å². The summed E-state index contributed by atoms with van der Waals surface area (Å²) < 4.78 is 11.1. The highest BCUT2D eigenvalue weighted by molar-refractivity contribution is 5.86. The van der Waals surface area contributed by atoms with E-state index in [9.17, 15) is 4.79 Å². The second-order valence-electron chi connectivity index (χ2n) is 5.85. The van der Waals surface area contributed by atoms with Gasteiger partial charge in [0.25, 0.3) is 0 Å². The highest BCUT2D eigenvalue weighted by atomic mass is 16.6. The molecule has 21 heavy (non-hydrogen) atoms. The van der Waals surface area contributed by atoms with Crippen LogP contribution in [0.3, 0.4) is 0 Å². The summed E-state index contributed by atoms with van der Waals surface area (Å²) in [6, 6.07) is 5.96. The van der Waals surface area contributed by atoms with Gasteiger partial charge in [-0.15, -0.1) is 0 Å². The standard InChI is InChI=1S/C16H22N2O3/c1-16(6-2-7-18-16)15(19)17-8-5-12-3-4-13-14(11-12)21-10-9-20-13/h3-4,11,18H,2,5-10H2,1H3,(H,17,19). The van der Waals surface area contributed by atoms with Gasteiger partial charge in [-0.25, -0.2) is 0 Å². The van der Waals surface area contributed by atoms with Crippen molar-refractivity contribution in [3.8, 4) is 11.5 Å². The molecule has 2 aliphatic rings. The third-order valence-electron chi connectivity index (χ3n) is 4.18. The minimum absolute atomic E-state index is 0.0949. The normalized spacial score (nSPS) is 23.9. The molecular weight excluding hydrogens is 268 g/mol. The summed E-state index contributed by atoms with van der Waals surface area (Å²) in [4.78, 5) is 12.2. The van der Waals surface area contributed by atoms with Crippen molar-refractivity contribution in [2.45, 2.75) is 31.7 Å². The quantitative estimate of drug-likeness (QED) is 0.876. The lowest BCUT2D eigenvalue weighted by Crippen LogP contribution is -2.51. The summed E-state index contributed by atoms with van der Waals surface area (Å²) in [7, 11) is 0. The highest BCUT2D eigenvalue weighted by Gasteiger charge is 2.35. The molecule has 2 heterocycles. The maximum atomic E-state index is 12.2. The Morgan fingerprint density at radius 3 is 2.90 bits per heavy atom. The molecule has 0 aromatic heterocycles. The number of nitrogens with one attached hydrogen (secondary N) is 2. The van der Waals surface area contributed by atoms with Crippen molar-refractivity contribution in [1.29, 1.82) is 0 Å². The molecule has 1 aromatic carbocycles. The smallest absolute Gasteiger partial charge is 0.240 e. The van der Waals surface area contributed by atoms with Crippen LogP contribution in [0.2, 0.25) is 0 Å². The first kappa shape index (κ1) is 14.2. The number of hydrogen-bond acceptors (Lipinski definition) is 4. The molecule has 114 valence electrons. The van der Waals surface area contributed by atoms with Crippen LogP contribution in [-0.4, -0.2) is 37.7 Å². The fourth-order valence-corrected chi connectivity index (χ4v) is 2.85. The van der Waals surface area contributed by atoms with Gasteiger partial charge in [0, 0.05) is 6.54 Å². The number of carbonyl (C=O) groups is 1. The summed E-state index contributed by atoms with van der Waals surface area (Å²) in [5.74, 6) is 1.70. The molecule has 1 atom stereocenters. The largest absolute Gasteiger partial charge is 0.486 e. The summed E-state index contributed by atoms with van der Waals surface area (Å²) in [5, 5.41) is 6.29. The van der Waals surface area contributed by atoms with E-state index in [4.69, 9.17) is 9.47 Å². The minimum atomic E-state index is -0.396. The fraction of sp³-hybridized carbons (Fsp3) is 0.562. The first-order valence-corrected chi connectivity index (χ1v) is 7.59. The van der Waals surface area contributed by atoms with Crippen molar-refractivity contribution in [2.24, 2.45) is 0 Å². The Morgan fingerprint density at radius 1 is 1.33 bits per heavy atom. The average Bonchev–Trinajstić information content (AvgIpc) is 2.95. The van der Waals surface area contributed by atoms with E-state index in [0.29, 0.717) is 19.8 Å². The first-order chi connectivity index (χ1) is 10.2. The molecule has 0 radical (unpaired) electrons. The van der Waals surface area contributed by atoms with Crippen molar-refractivity contribution in [3.05, 3.63) is 23.8 Å². The molecule has 0 saturated carbocycles. The Kier molecular flexibility index (Phi) is 4.01. The van der Waals surface area contributed by atoms with E-state index in [2.05, 4.69) is 10.6 Å². The molecule has 1 saturated heterocycles. The van der Waals surface area contributed by atoms with Crippen molar-refractivity contribution in [1.82, 2.24) is 10.6 Å². The molecule has 3 rings (SSSR count). The van der Waals surface area contributed by atoms with E-state index < -0.39 is 5.54 Å². The molecular formula is C16H22N2O3. The van der Waals surface area contributed by atoms with Gasteiger partial charge in [0.05, 0.1) is 5.54 Å². The van der Waals surface area contributed by atoms with Gasteiger partial charge in [-0.2, -0.15) is 0 Å². The molecule has 5 nitrogen and oxygen atoms in total. The predicted molar refractivity (Wildman–Crippen MR) is 79.8 cm³/mol. The maximum absolute atomic E-state index is 12.2. The molecule has 1 amide bonds. The first-order valence-electron chi connectivity index (χ1n) is 7.59. The lowest BCUT2D eigenvalue weighted by atomic mass is 9.99. The van der Waals surface area contributed by atoms with Crippen molar-refractivity contribution in [2.75, 3.05) is 26.3 Å². The Bertz CT molecular complexity index is 524. The van der Waals surface area contributed by atoms with Gasteiger partial charge in [-0.1, -0.05) is 6.07 Å². The minimum Gasteiger partial charge on any atom is -0.486 e. The number of hydrogen-bond donors (Lipinski definition) is 2. The van der Waals surface area contributed by atoms with Crippen molar-refractivity contribution >= 4 is 5.91 Å². The summed E-state index contributed by atoms with van der Waals surface area (Å²) >= 11 is 0. The molecule has 1 aromatic rings. The zero-order valence-corrected chi connectivity index (χ0v) is 12.4. The van der Waals surface area contributed by atoms with Gasteiger partial charge in [0.2, 0.25) is 5.91 Å². The molecule has 1 fully saturated rings. The highest BCUT2D eigenvalue weighted by Crippen LogP contribution is 2.30. The third kappa shape index (κ3) is 3.13. The Hall–Kier alpha value is -1.75. The SMILES string of the molecule is CC1(C(=O)NCCc2ccc3c(c2)OCCO3)CCCN1. The van der Waals surface area contributed by atoms with Crippen LogP contribution in [-0.2, 0) is 11.2 Å². The maximum Gasteiger partial charge on any atom is 0.240 e. The predicted octanol–water partition coefficient (Wildman–Crippen LogP) is 1.26. The van der Waals surface area contributed by atoms with Crippen LogP contribution in [0.5, 0.6) is 11.5 Å². The van der Waals surface area contributed by atoms with Crippen LogP contribution in [0.4, 0.5) is 0 Å². The van der Waals surface area contributed by atoms with E-state index >= 15 is 0 Å². The molecule has 0 bridgehead atoms. The zero-order chi connectivity index (χ0) is 14.7. The van der Waals surface area contributed by atoms with Gasteiger partial charge < -0.3 is 20.1 Å². The van der Waals surface area contributed by atoms with Crippen LogP contribution in [0, 0.1) is 0 Å². The topological polar surface area (TPSA) is 59.6 Å². The molecule has 5 heteroatoms. The number of ether oxygens (including phenoxy) is 2. The van der Waals surface area contributed by atoms with Crippen LogP contribution >= 0.6 is 0 Å². The van der Waals surface area contributed by atoms with Gasteiger partial charge in [-0.3, -0.25) is 4.79 Å². The summed E-state index contributed by atoms with van der Waals surface area (Å²) in [6.45, 7) is 4.73. The fourth-order valence-electron chi connectivity index (χ4n) is 2.85. The van der Waals surface area contributed by atoms with Crippen LogP contribution in [0.25, 0.3) is 0 Å². The molecule has 0 spiro atoms. The van der Waals surface area contributed by atoms with Crippen LogP contribution < -0.4 is 20.1 Å². The molecule has 2 N–H and O–H groups in total. The second-order valence-corrected chi connectivity index (χ2v) is 5.85. The monoisotopic (exact) mass is 290 g/mol. The Morgan fingerprint density at radius 2 is 2.14 bits per heavy atom. The van der Waals surface area contributed by atoms with E-state index in [1.54, 1.807) is 0 Å². The van der Waals surface area contributed by atoms with Crippen molar-refractivity contribution < 1.29 is 14.3 Å². The number of amides is 1. The van der Waals surface area contributed by atoms with Gasteiger partial charge >= 0.3 is 0 Å². The average molecular weight is 290 g/mol. The third-order valence-corrected chi connectivity index (χ3v) is 4.18. The summed E-state index contributed by atoms with van der Waals surface area (Å²) in [5.41, 5.74) is 0.747. The lowest BCUT2D eigenvalue weighted by Gasteiger charge is -2.23. The number of rotatable bonds is 4. The number of carbonyl (C=O) groups excluding carboxylic acids is 1. The number of fused-ring (bicyclic) bond motifs is 1. The lowest BCUT2D eigenvalue weighted by molar-refractivity contribution is -0.126. The molecule has 0 aliphatic carbocycles. The zero-order valence-electron chi connectivity index (χ0n) is 12.4. The molecule has 1 unspecified atom stereocenters. The van der Waals surface area contributed by atoms with Gasteiger partial charge in [0.1, 0.15) is 13.2 Å². The number of benzene rings is 1. The van der Waals surface area contributed by atoms with E-state index in [0.717, 1.165) is 42.9 Å².